The first-order chi connectivity index (χ1) is 8.16. The molecule has 0 bridgehead atoms. The summed E-state index contributed by atoms with van der Waals surface area (Å²) in [4.78, 5) is 11.5. The molecular weight excluding hydrogens is 223 g/mol. The van der Waals surface area contributed by atoms with Gasteiger partial charge in [-0.1, -0.05) is 12.1 Å². The summed E-state index contributed by atoms with van der Waals surface area (Å²) in [6.07, 6.45) is 1.67. The van der Waals surface area contributed by atoms with E-state index < -0.39 is 11.9 Å². The number of nitrogens with one attached hydrogen (secondary N) is 1. The van der Waals surface area contributed by atoms with Crippen molar-refractivity contribution in [3.8, 4) is 0 Å². The zero-order valence-corrected chi connectivity index (χ0v) is 9.36. The summed E-state index contributed by atoms with van der Waals surface area (Å²) < 4.78 is 18.4. The third-order valence-corrected chi connectivity index (χ3v) is 2.87. The molecule has 3 N–H and O–H groups in total. The smallest absolute Gasteiger partial charge is 0.412 e. The van der Waals surface area contributed by atoms with E-state index in [0.717, 1.165) is 19.3 Å². The molecule has 1 fully saturated rings. The molecule has 4 nitrogen and oxygen atoms in total. The van der Waals surface area contributed by atoms with Crippen molar-refractivity contribution in [3.63, 3.8) is 0 Å². The number of halogens is 1. The van der Waals surface area contributed by atoms with Gasteiger partial charge >= 0.3 is 6.09 Å². The Morgan fingerprint density at radius 2 is 2.18 bits per heavy atom. The maximum Gasteiger partial charge on any atom is 0.412 e. The molecular formula is C12H15FN2O2. The van der Waals surface area contributed by atoms with Gasteiger partial charge in [-0.2, -0.15) is 0 Å². The number of hydrogen-bond acceptors (Lipinski definition) is 3. The number of nitrogens with two attached hydrogens (primary N) is 1. The highest BCUT2D eigenvalue weighted by Gasteiger charge is 2.27. The van der Waals surface area contributed by atoms with Gasteiger partial charge in [0.25, 0.3) is 0 Å². The zero-order chi connectivity index (χ0) is 12.3. The third-order valence-electron chi connectivity index (χ3n) is 2.87. The number of anilines is 1. The van der Waals surface area contributed by atoms with Crippen molar-refractivity contribution in [1.29, 1.82) is 0 Å². The SMILES string of the molecule is NC1CCCC1OC(=O)Nc1ccccc1F. The number of carbonyl (C=O) groups is 1. The highest BCUT2D eigenvalue weighted by molar-refractivity contribution is 5.84. The highest BCUT2D eigenvalue weighted by Crippen LogP contribution is 2.21. The zero-order valence-electron chi connectivity index (χ0n) is 9.36. The van der Waals surface area contributed by atoms with Gasteiger partial charge in [-0.05, 0) is 31.4 Å². The number of para-hydroxylation sites is 1. The van der Waals surface area contributed by atoms with Gasteiger partial charge in [0.2, 0.25) is 0 Å². The minimum atomic E-state index is -0.655. The third kappa shape index (κ3) is 2.94. The van der Waals surface area contributed by atoms with E-state index in [9.17, 15) is 9.18 Å². The van der Waals surface area contributed by atoms with Crippen LogP contribution >= 0.6 is 0 Å². The fourth-order valence-electron chi connectivity index (χ4n) is 1.94. The second-order valence-electron chi connectivity index (χ2n) is 4.14. The molecule has 17 heavy (non-hydrogen) atoms. The fourth-order valence-corrected chi connectivity index (χ4v) is 1.94. The molecule has 1 aliphatic carbocycles. The molecule has 5 heteroatoms. The van der Waals surface area contributed by atoms with Crippen molar-refractivity contribution in [2.75, 3.05) is 5.32 Å². The van der Waals surface area contributed by atoms with Gasteiger partial charge < -0.3 is 10.5 Å². The van der Waals surface area contributed by atoms with E-state index >= 15 is 0 Å². The molecule has 1 aromatic carbocycles. The van der Waals surface area contributed by atoms with Crippen LogP contribution < -0.4 is 11.1 Å². The standard InChI is InChI=1S/C12H15FN2O2/c13-8-4-1-2-6-10(8)15-12(16)17-11-7-3-5-9(11)14/h1-2,4,6,9,11H,3,5,7,14H2,(H,15,16). The number of rotatable bonds is 2. The van der Waals surface area contributed by atoms with Crippen LogP contribution in [0.5, 0.6) is 0 Å². The molecule has 0 aromatic heterocycles. The van der Waals surface area contributed by atoms with E-state index in [1.54, 1.807) is 12.1 Å². The Hall–Kier alpha value is -1.62. The lowest BCUT2D eigenvalue weighted by atomic mass is 10.2. The monoisotopic (exact) mass is 238 g/mol. The van der Waals surface area contributed by atoms with Crippen molar-refractivity contribution in [3.05, 3.63) is 30.1 Å². The van der Waals surface area contributed by atoms with E-state index in [4.69, 9.17) is 10.5 Å². The quantitative estimate of drug-likeness (QED) is 0.830. The summed E-state index contributed by atoms with van der Waals surface area (Å²) in [5.74, 6) is -0.486. The molecule has 0 aliphatic heterocycles. The molecule has 2 rings (SSSR count). The average molecular weight is 238 g/mol. The highest BCUT2D eigenvalue weighted by atomic mass is 19.1. The van der Waals surface area contributed by atoms with Crippen LogP contribution in [-0.4, -0.2) is 18.2 Å². The van der Waals surface area contributed by atoms with Crippen LogP contribution in [0.25, 0.3) is 0 Å². The Labute approximate surface area is 98.9 Å². The lowest BCUT2D eigenvalue weighted by Crippen LogP contribution is -2.34. The topological polar surface area (TPSA) is 64.3 Å². The van der Waals surface area contributed by atoms with Gasteiger partial charge in [-0.25, -0.2) is 9.18 Å². The van der Waals surface area contributed by atoms with E-state index in [0.29, 0.717) is 0 Å². The number of carbonyl (C=O) groups excluding carboxylic acids is 1. The van der Waals surface area contributed by atoms with Crippen LogP contribution in [0.4, 0.5) is 14.9 Å². The summed E-state index contributed by atoms with van der Waals surface area (Å²) in [5.41, 5.74) is 5.89. The molecule has 2 atom stereocenters. The first-order valence-electron chi connectivity index (χ1n) is 5.64. The van der Waals surface area contributed by atoms with Crippen LogP contribution in [0.1, 0.15) is 19.3 Å². The van der Waals surface area contributed by atoms with E-state index in [1.807, 2.05) is 0 Å². The van der Waals surface area contributed by atoms with Gasteiger partial charge in [0.05, 0.1) is 5.69 Å². The number of amides is 1. The Morgan fingerprint density at radius 1 is 1.41 bits per heavy atom. The largest absolute Gasteiger partial charge is 0.444 e. The van der Waals surface area contributed by atoms with Crippen molar-refractivity contribution < 1.29 is 13.9 Å². The fraction of sp³-hybridized carbons (Fsp3) is 0.417. The normalized spacial score (nSPS) is 23.4. The average Bonchev–Trinajstić information content (AvgIpc) is 2.68. The number of benzene rings is 1. The molecule has 0 saturated heterocycles. The molecule has 0 heterocycles. The van der Waals surface area contributed by atoms with Gasteiger partial charge in [0.1, 0.15) is 11.9 Å². The molecule has 1 aliphatic rings. The van der Waals surface area contributed by atoms with E-state index in [-0.39, 0.29) is 17.8 Å². The Morgan fingerprint density at radius 3 is 2.82 bits per heavy atom. The minimum absolute atomic E-state index is 0.110. The Kier molecular flexibility index (Phi) is 3.58. The lowest BCUT2D eigenvalue weighted by Gasteiger charge is -2.16. The maximum atomic E-state index is 13.2. The van der Waals surface area contributed by atoms with Gasteiger partial charge in [-0.15, -0.1) is 0 Å². The Bertz CT molecular complexity index is 411. The molecule has 2 unspecified atom stereocenters. The van der Waals surface area contributed by atoms with Crippen LogP contribution in [-0.2, 0) is 4.74 Å². The van der Waals surface area contributed by atoms with Crippen LogP contribution in [0.3, 0.4) is 0 Å². The predicted molar refractivity (Wildman–Crippen MR) is 62.1 cm³/mol. The first kappa shape index (κ1) is 11.9. The summed E-state index contributed by atoms with van der Waals surface area (Å²) >= 11 is 0. The van der Waals surface area contributed by atoms with Crippen molar-refractivity contribution in [2.45, 2.75) is 31.4 Å². The van der Waals surface area contributed by atoms with Gasteiger partial charge in [0, 0.05) is 6.04 Å². The summed E-state index contributed by atoms with van der Waals surface area (Å²) in [7, 11) is 0. The predicted octanol–water partition coefficient (Wildman–Crippen LogP) is 2.25. The molecule has 1 amide bonds. The number of ether oxygens (including phenoxy) is 1. The summed E-state index contributed by atoms with van der Waals surface area (Å²) in [5, 5.41) is 2.37. The van der Waals surface area contributed by atoms with Crippen molar-refractivity contribution in [1.82, 2.24) is 0 Å². The second-order valence-corrected chi connectivity index (χ2v) is 4.14. The lowest BCUT2D eigenvalue weighted by molar-refractivity contribution is 0.105. The second kappa shape index (κ2) is 5.14. The molecule has 92 valence electrons. The maximum absolute atomic E-state index is 13.2. The Balaban J connectivity index is 1.91. The molecule has 0 spiro atoms. The number of hydrogen-bond donors (Lipinski definition) is 2. The van der Waals surface area contributed by atoms with Crippen molar-refractivity contribution in [2.24, 2.45) is 5.73 Å². The van der Waals surface area contributed by atoms with Crippen LogP contribution in [0.15, 0.2) is 24.3 Å². The summed E-state index contributed by atoms with van der Waals surface area (Å²) in [6.45, 7) is 0. The molecule has 1 saturated carbocycles. The first-order valence-corrected chi connectivity index (χ1v) is 5.64. The summed E-state index contributed by atoms with van der Waals surface area (Å²) in [6, 6.07) is 5.84. The van der Waals surface area contributed by atoms with Crippen molar-refractivity contribution >= 4 is 11.8 Å². The van der Waals surface area contributed by atoms with E-state index in [2.05, 4.69) is 5.32 Å². The van der Waals surface area contributed by atoms with Gasteiger partial charge in [0.15, 0.2) is 0 Å². The molecule has 1 aromatic rings. The van der Waals surface area contributed by atoms with Crippen LogP contribution in [0, 0.1) is 5.82 Å². The minimum Gasteiger partial charge on any atom is -0.444 e. The molecule has 0 radical (unpaired) electrons. The van der Waals surface area contributed by atoms with E-state index in [1.165, 1.54) is 12.1 Å². The van der Waals surface area contributed by atoms with Gasteiger partial charge in [-0.3, -0.25) is 5.32 Å². The van der Waals surface area contributed by atoms with Crippen LogP contribution in [0.2, 0.25) is 0 Å².